The van der Waals surface area contributed by atoms with E-state index in [9.17, 15) is 72.5 Å². The van der Waals surface area contributed by atoms with Gasteiger partial charge in [0.1, 0.15) is 72.5 Å². The topological polar surface area (TPSA) is 528 Å². The smallest absolute Gasteiger partial charge is 0.326 e. The number of unbranched alkanes of at least 4 members (excludes halogenated alkanes) is 4. The van der Waals surface area contributed by atoms with E-state index >= 15 is 0 Å². The summed E-state index contributed by atoms with van der Waals surface area (Å²) in [6.45, 7) is 20.5. The van der Waals surface area contributed by atoms with Crippen LogP contribution in [0.4, 0.5) is 0 Å². The first-order valence-corrected chi connectivity index (χ1v) is 40.2. The number of likely N-dealkylation sites (tertiary alicyclic amines) is 1. The van der Waals surface area contributed by atoms with Crippen molar-refractivity contribution in [1.82, 2.24) is 63.4 Å². The summed E-state index contributed by atoms with van der Waals surface area (Å²) in [6, 6.07) is 1.02. The van der Waals surface area contributed by atoms with Crippen molar-refractivity contribution in [2.45, 2.75) is 289 Å². The predicted molar refractivity (Wildman–Crippen MR) is 428 cm³/mol. The zero-order valence-corrected chi connectivity index (χ0v) is 68.0. The molecule has 1 heterocycles. The number of nitrogens with zero attached hydrogens (tertiary/aromatic N) is 1. The van der Waals surface area contributed by atoms with E-state index < -0.39 is 167 Å². The molecule has 32 nitrogen and oxygen atoms in total. The second-order valence-corrected chi connectivity index (χ2v) is 31.7. The van der Waals surface area contributed by atoms with Crippen molar-refractivity contribution in [3.63, 3.8) is 0 Å². The number of carbonyl (C=O) groups excluding carboxylic acids is 12. The average molecular weight is 1580 g/mol. The fraction of sp³-hybridized carbons (Fsp3) is 0.688. The minimum absolute atomic E-state index is 0.0169. The summed E-state index contributed by atoms with van der Waals surface area (Å²) in [5.74, 6) is -11.6. The van der Waals surface area contributed by atoms with E-state index in [1.807, 2.05) is 41.5 Å². The third-order valence-corrected chi connectivity index (χ3v) is 19.3. The molecule has 0 spiro atoms. The molecule has 2 aromatic rings. The van der Waals surface area contributed by atoms with E-state index in [4.69, 9.17) is 28.7 Å². The van der Waals surface area contributed by atoms with Crippen LogP contribution < -0.4 is 87.2 Å². The molecule has 1 aliphatic rings. The molecule has 1 saturated heterocycles. The minimum atomic E-state index is -1.69. The van der Waals surface area contributed by atoms with Gasteiger partial charge in [0.25, 0.3) is 0 Å². The molecule has 2 aromatic carbocycles. The first-order chi connectivity index (χ1) is 53.0. The molecule has 12 amide bonds. The molecule has 0 bridgehead atoms. The van der Waals surface area contributed by atoms with Crippen LogP contribution in [0.25, 0.3) is 0 Å². The Morgan fingerprint density at radius 2 is 0.705 bits per heavy atom. The minimum Gasteiger partial charge on any atom is -0.480 e. The number of amides is 12. The van der Waals surface area contributed by atoms with E-state index in [0.29, 0.717) is 95.0 Å². The lowest BCUT2D eigenvalue weighted by Crippen LogP contribution is -2.62. The quantitative estimate of drug-likeness (QED) is 0.0410. The lowest BCUT2D eigenvalue weighted by Gasteiger charge is -2.32. The zero-order chi connectivity index (χ0) is 83.7. The number of nitrogens with one attached hydrogen (secondary N) is 11. The van der Waals surface area contributed by atoms with Gasteiger partial charge in [-0.3, -0.25) is 57.5 Å². The summed E-state index contributed by atoms with van der Waals surface area (Å²) < 4.78 is 0. The first kappa shape index (κ1) is 97.5. The fourth-order valence-electron chi connectivity index (χ4n) is 13.2. The highest BCUT2D eigenvalue weighted by Gasteiger charge is 2.43. The van der Waals surface area contributed by atoms with Crippen LogP contribution in [0.3, 0.4) is 0 Å². The molecule has 0 radical (unpaired) electrons. The highest BCUT2D eigenvalue weighted by Crippen LogP contribution is 2.23. The Morgan fingerprint density at radius 1 is 0.384 bits per heavy atom. The third kappa shape index (κ3) is 35.6. The maximum absolute atomic E-state index is 14.9. The van der Waals surface area contributed by atoms with E-state index in [0.717, 1.165) is 0 Å². The van der Waals surface area contributed by atoms with Crippen molar-refractivity contribution in [1.29, 1.82) is 0 Å². The number of hydrogen-bond acceptors (Lipinski definition) is 19. The van der Waals surface area contributed by atoms with Gasteiger partial charge in [-0.15, -0.1) is 0 Å². The number of benzene rings is 2. The second kappa shape index (κ2) is 51.9. The average Bonchev–Trinajstić information content (AvgIpc) is 1.62. The Kier molecular flexibility index (Phi) is 45.1. The van der Waals surface area contributed by atoms with Gasteiger partial charge in [-0.1, -0.05) is 136 Å². The number of aliphatic carboxylic acids is 1. The van der Waals surface area contributed by atoms with Crippen LogP contribution in [0.5, 0.6) is 0 Å². The zero-order valence-electron chi connectivity index (χ0n) is 68.0. The molecule has 14 atom stereocenters. The van der Waals surface area contributed by atoms with Crippen LogP contribution in [0.1, 0.15) is 203 Å². The molecule has 112 heavy (non-hydrogen) atoms. The van der Waals surface area contributed by atoms with Gasteiger partial charge in [0.2, 0.25) is 70.9 Å². The molecule has 1 fully saturated rings. The lowest BCUT2D eigenvalue weighted by molar-refractivity contribution is -0.143. The summed E-state index contributed by atoms with van der Waals surface area (Å²) in [5, 5.41) is 51.5. The molecule has 0 unspecified atom stereocenters. The fourth-order valence-corrected chi connectivity index (χ4v) is 13.2. The highest BCUT2D eigenvalue weighted by molar-refractivity contribution is 6.00. The molecule has 630 valence electrons. The van der Waals surface area contributed by atoms with Crippen LogP contribution in [0.15, 0.2) is 60.7 Å². The van der Waals surface area contributed by atoms with Crippen LogP contribution in [-0.4, -0.2) is 209 Å². The highest BCUT2D eigenvalue weighted by atomic mass is 16.4. The predicted octanol–water partition coefficient (Wildman–Crippen LogP) is 0.945. The summed E-state index contributed by atoms with van der Waals surface area (Å²) >= 11 is 0. The standard InChI is InChI=1S/C80H135N17O15/c1-47(2)41-59(89-71(102)58(34-21-25-39-84)88-70(101)57(33-20-24-38-83)87-69(100)56(32-19-23-37-82)86-68(99)55(85)31-18-22-36-81)72(103)90-60(42-48(3)4)73(104)93-63(44-50(7)8)79(110)97-40-26-35-65(97)76(107)96-67(52(11)98)78(109)91-61(43-49(5)6)75(106)95-66(51(9)10)77(108)92-62(45-53-27-14-12-15-28-53)74(105)94-64(80(111)112)46-54-29-16-13-17-30-54/h12-17,27-30,47-52,55-67,98H,18-26,31-46,81-85H2,1-11H3,(H,86,99)(H,87,100)(H,88,101)(H,89,102)(H,90,103)(H,91,109)(H,92,108)(H,93,104)(H,94,105)(H,95,106)(H,96,107)(H,111,112)/t52-,55+,56+,57+,58+,59+,60+,61+,62+,63+,64+,65+,66+,67+/m1/s1. The summed E-state index contributed by atoms with van der Waals surface area (Å²) in [6.07, 6.45) is 3.85. The number of nitrogens with two attached hydrogens (primary N) is 5. The summed E-state index contributed by atoms with van der Waals surface area (Å²) in [4.78, 5) is 186. The molecular weight excluding hydrogens is 1440 g/mol. The summed E-state index contributed by atoms with van der Waals surface area (Å²) in [5.41, 5.74) is 30.6. The van der Waals surface area contributed by atoms with Gasteiger partial charge in [0.15, 0.2) is 0 Å². The monoisotopic (exact) mass is 1570 g/mol. The molecule has 1 aliphatic heterocycles. The van der Waals surface area contributed by atoms with Crippen LogP contribution in [0, 0.1) is 29.6 Å². The number of aliphatic hydroxyl groups is 1. The number of rotatable bonds is 54. The number of carboxylic acid groups (broad SMARTS) is 1. The van der Waals surface area contributed by atoms with Gasteiger partial charge in [-0.2, -0.15) is 0 Å². The van der Waals surface area contributed by atoms with Crippen LogP contribution in [0.2, 0.25) is 0 Å². The molecular formula is C80H135N17O15. The molecule has 0 aromatic heterocycles. The Balaban J connectivity index is 1.88. The number of hydrogen-bond donors (Lipinski definition) is 18. The molecule has 32 heteroatoms. The van der Waals surface area contributed by atoms with Gasteiger partial charge in [-0.05, 0) is 183 Å². The van der Waals surface area contributed by atoms with E-state index in [2.05, 4.69) is 58.5 Å². The van der Waals surface area contributed by atoms with Crippen molar-refractivity contribution >= 4 is 76.9 Å². The number of aliphatic hydroxyl groups excluding tert-OH is 1. The summed E-state index contributed by atoms with van der Waals surface area (Å²) in [7, 11) is 0. The van der Waals surface area contributed by atoms with Crippen molar-refractivity contribution in [3.05, 3.63) is 71.8 Å². The second-order valence-electron chi connectivity index (χ2n) is 31.7. The Hall–Kier alpha value is -8.69. The Labute approximate surface area is 661 Å². The van der Waals surface area contributed by atoms with Gasteiger partial charge < -0.3 is 102 Å². The van der Waals surface area contributed by atoms with Crippen molar-refractivity contribution < 1.29 is 72.5 Å². The first-order valence-electron chi connectivity index (χ1n) is 40.2. The lowest BCUT2D eigenvalue weighted by atomic mass is 9.98. The van der Waals surface area contributed by atoms with Crippen LogP contribution >= 0.6 is 0 Å². The Morgan fingerprint density at radius 3 is 1.10 bits per heavy atom. The third-order valence-electron chi connectivity index (χ3n) is 19.3. The normalized spacial score (nSPS) is 16.4. The van der Waals surface area contributed by atoms with Gasteiger partial charge >= 0.3 is 5.97 Å². The van der Waals surface area contributed by atoms with E-state index in [1.165, 1.54) is 11.8 Å². The van der Waals surface area contributed by atoms with Crippen molar-refractivity contribution in [3.8, 4) is 0 Å². The molecule has 23 N–H and O–H groups in total. The van der Waals surface area contributed by atoms with Crippen molar-refractivity contribution in [2.75, 3.05) is 32.7 Å². The molecule has 0 saturated carbocycles. The maximum Gasteiger partial charge on any atom is 0.326 e. The largest absolute Gasteiger partial charge is 0.480 e. The Bertz CT molecular complexity index is 3270. The van der Waals surface area contributed by atoms with Gasteiger partial charge in [0.05, 0.1) is 12.1 Å². The van der Waals surface area contributed by atoms with Gasteiger partial charge in [-0.25, -0.2) is 4.79 Å². The molecule has 0 aliphatic carbocycles. The SMILES string of the molecule is CC(C)C[C@H](NC(=O)[C@H](CCCCN)NC(=O)[C@H](CCCCN)NC(=O)[C@H](CCCCN)NC(=O)[C@@H](N)CCCCN)C(=O)N[C@@H](CC(C)C)C(=O)N[C@@H](CC(C)C)C(=O)N1CCC[C@H]1C(=O)N[C@H](C(=O)N[C@@H](CC(C)C)C(=O)N[C@H](C(=O)N[C@@H](Cc1ccccc1)C(=O)N[C@@H](Cc1ccccc1)C(=O)O)C(C)C)[C@@H](C)O. The van der Waals surface area contributed by atoms with Gasteiger partial charge in [0, 0.05) is 19.4 Å². The number of carbonyl (C=O) groups is 13. The van der Waals surface area contributed by atoms with E-state index in [1.54, 1.807) is 88.4 Å². The molecule has 3 rings (SSSR count). The van der Waals surface area contributed by atoms with Crippen LogP contribution in [-0.2, 0) is 75.2 Å². The maximum atomic E-state index is 14.9. The van der Waals surface area contributed by atoms with E-state index in [-0.39, 0.29) is 101 Å². The van der Waals surface area contributed by atoms with Crippen molar-refractivity contribution in [2.24, 2.45) is 58.3 Å². The number of carboxylic acids is 1.